The van der Waals surface area contributed by atoms with Crippen molar-refractivity contribution >= 4 is 0 Å². The Bertz CT molecular complexity index is 330. The van der Waals surface area contributed by atoms with Gasteiger partial charge in [-0.1, -0.05) is 0 Å². The SMILES string of the molecule is N#Cc1ccc(C(F)F)c(F)n1. The number of alkyl halides is 2. The van der Waals surface area contributed by atoms with Gasteiger partial charge in [0.05, 0.1) is 5.56 Å². The molecule has 0 saturated heterocycles. The molecule has 12 heavy (non-hydrogen) atoms. The summed E-state index contributed by atoms with van der Waals surface area (Å²) in [5, 5.41) is 8.22. The van der Waals surface area contributed by atoms with Crippen LogP contribution in [0.15, 0.2) is 12.1 Å². The monoisotopic (exact) mass is 172 g/mol. The number of hydrogen-bond donors (Lipinski definition) is 0. The van der Waals surface area contributed by atoms with Crippen LogP contribution in [0, 0.1) is 17.3 Å². The number of aromatic nitrogens is 1. The summed E-state index contributed by atoms with van der Waals surface area (Å²) < 4.78 is 36.3. The number of hydrogen-bond acceptors (Lipinski definition) is 2. The van der Waals surface area contributed by atoms with Crippen LogP contribution < -0.4 is 0 Å². The predicted octanol–water partition coefficient (Wildman–Crippen LogP) is 2.03. The van der Waals surface area contributed by atoms with Gasteiger partial charge < -0.3 is 0 Å². The molecular weight excluding hydrogens is 169 g/mol. The molecule has 0 fully saturated rings. The Morgan fingerprint density at radius 2 is 2.08 bits per heavy atom. The molecule has 62 valence electrons. The minimum Gasteiger partial charge on any atom is -0.208 e. The molecule has 1 aromatic heterocycles. The lowest BCUT2D eigenvalue weighted by Crippen LogP contribution is -1.95. The lowest BCUT2D eigenvalue weighted by atomic mass is 10.2. The van der Waals surface area contributed by atoms with Gasteiger partial charge in [-0.25, -0.2) is 13.8 Å². The summed E-state index contributed by atoms with van der Waals surface area (Å²) in [5.74, 6) is -1.29. The maximum Gasteiger partial charge on any atom is 0.268 e. The van der Waals surface area contributed by atoms with E-state index in [1.165, 1.54) is 6.07 Å². The van der Waals surface area contributed by atoms with Gasteiger partial charge in [0.1, 0.15) is 11.8 Å². The maximum atomic E-state index is 12.5. The minimum atomic E-state index is -2.90. The smallest absolute Gasteiger partial charge is 0.208 e. The van der Waals surface area contributed by atoms with Crippen LogP contribution in [0.1, 0.15) is 17.7 Å². The largest absolute Gasteiger partial charge is 0.268 e. The van der Waals surface area contributed by atoms with E-state index in [0.717, 1.165) is 12.1 Å². The van der Waals surface area contributed by atoms with Crippen LogP contribution in [0.2, 0.25) is 0 Å². The molecule has 0 aromatic carbocycles. The zero-order chi connectivity index (χ0) is 9.14. The fourth-order valence-corrected chi connectivity index (χ4v) is 0.670. The van der Waals surface area contributed by atoms with Crippen LogP contribution in [0.25, 0.3) is 0 Å². The minimum absolute atomic E-state index is 0.211. The molecule has 0 N–H and O–H groups in total. The molecular formula is C7H3F3N2. The molecule has 0 unspecified atom stereocenters. The predicted molar refractivity (Wildman–Crippen MR) is 33.9 cm³/mol. The topological polar surface area (TPSA) is 36.7 Å². The highest BCUT2D eigenvalue weighted by atomic mass is 19.3. The third kappa shape index (κ3) is 1.53. The molecule has 0 spiro atoms. The highest BCUT2D eigenvalue weighted by Crippen LogP contribution is 2.20. The van der Waals surface area contributed by atoms with E-state index in [2.05, 4.69) is 4.98 Å². The van der Waals surface area contributed by atoms with Crippen LogP contribution in [-0.2, 0) is 0 Å². The Morgan fingerprint density at radius 1 is 1.42 bits per heavy atom. The molecule has 2 nitrogen and oxygen atoms in total. The fourth-order valence-electron chi connectivity index (χ4n) is 0.670. The Hall–Kier alpha value is -1.57. The highest BCUT2D eigenvalue weighted by Gasteiger charge is 2.14. The molecule has 0 atom stereocenters. The quantitative estimate of drug-likeness (QED) is 0.607. The molecule has 0 saturated carbocycles. The average molecular weight is 172 g/mol. The summed E-state index contributed by atoms with van der Waals surface area (Å²) in [6.45, 7) is 0. The third-order valence-corrected chi connectivity index (χ3v) is 1.23. The van der Waals surface area contributed by atoms with Crippen molar-refractivity contribution in [3.05, 3.63) is 29.3 Å². The number of nitriles is 1. The van der Waals surface area contributed by atoms with Gasteiger partial charge in [-0.2, -0.15) is 9.65 Å². The summed E-state index contributed by atoms with van der Waals surface area (Å²) in [4.78, 5) is 3.01. The van der Waals surface area contributed by atoms with Gasteiger partial charge in [-0.05, 0) is 12.1 Å². The van der Waals surface area contributed by atoms with E-state index >= 15 is 0 Å². The van der Waals surface area contributed by atoms with Crippen molar-refractivity contribution in [3.8, 4) is 6.07 Å². The van der Waals surface area contributed by atoms with Gasteiger partial charge in [-0.3, -0.25) is 0 Å². The molecule has 5 heteroatoms. The molecule has 1 rings (SSSR count). The van der Waals surface area contributed by atoms with Crippen molar-refractivity contribution < 1.29 is 13.2 Å². The third-order valence-electron chi connectivity index (χ3n) is 1.23. The number of nitrogens with zero attached hydrogens (tertiary/aromatic N) is 2. The molecule has 0 radical (unpaired) electrons. The first-order valence-corrected chi connectivity index (χ1v) is 3.00. The lowest BCUT2D eigenvalue weighted by molar-refractivity contribution is 0.145. The molecule has 0 aliphatic rings. The van der Waals surface area contributed by atoms with E-state index in [1.807, 2.05) is 0 Å². The molecule has 0 aliphatic heterocycles. The van der Waals surface area contributed by atoms with Crippen molar-refractivity contribution in [1.82, 2.24) is 4.98 Å². The van der Waals surface area contributed by atoms with E-state index < -0.39 is 17.9 Å². The summed E-state index contributed by atoms with van der Waals surface area (Å²) in [6, 6.07) is 3.44. The second-order valence-electron chi connectivity index (χ2n) is 1.99. The zero-order valence-electron chi connectivity index (χ0n) is 5.76. The first-order valence-electron chi connectivity index (χ1n) is 3.00. The van der Waals surface area contributed by atoms with Gasteiger partial charge in [0.2, 0.25) is 5.95 Å². The van der Waals surface area contributed by atoms with Crippen molar-refractivity contribution in [1.29, 1.82) is 5.26 Å². The molecule has 0 aliphatic carbocycles. The van der Waals surface area contributed by atoms with E-state index in [4.69, 9.17) is 5.26 Å². The van der Waals surface area contributed by atoms with Gasteiger partial charge >= 0.3 is 0 Å². The zero-order valence-corrected chi connectivity index (χ0v) is 5.76. The second-order valence-corrected chi connectivity index (χ2v) is 1.99. The summed E-state index contributed by atoms with van der Waals surface area (Å²) in [7, 11) is 0. The fraction of sp³-hybridized carbons (Fsp3) is 0.143. The first-order chi connectivity index (χ1) is 5.65. The molecule has 0 bridgehead atoms. The van der Waals surface area contributed by atoms with Crippen molar-refractivity contribution in [3.63, 3.8) is 0 Å². The normalized spacial score (nSPS) is 9.92. The molecule has 1 aromatic rings. The van der Waals surface area contributed by atoms with Crippen LogP contribution >= 0.6 is 0 Å². The Labute approximate surface area is 66.3 Å². The average Bonchev–Trinajstić information content (AvgIpc) is 2.03. The number of pyridine rings is 1. The van der Waals surface area contributed by atoms with Gasteiger partial charge in [0.15, 0.2) is 0 Å². The van der Waals surface area contributed by atoms with Crippen molar-refractivity contribution in [2.45, 2.75) is 6.43 Å². The highest BCUT2D eigenvalue weighted by molar-refractivity contribution is 5.24. The summed E-state index contributed by atoms with van der Waals surface area (Å²) in [6.07, 6.45) is -2.90. The Morgan fingerprint density at radius 3 is 2.50 bits per heavy atom. The van der Waals surface area contributed by atoms with Crippen LogP contribution in [0.5, 0.6) is 0 Å². The van der Waals surface area contributed by atoms with Crippen LogP contribution in [0.3, 0.4) is 0 Å². The lowest BCUT2D eigenvalue weighted by Gasteiger charge is -1.99. The van der Waals surface area contributed by atoms with E-state index in [1.54, 1.807) is 0 Å². The summed E-state index contributed by atoms with van der Waals surface area (Å²) in [5.41, 5.74) is -0.995. The van der Waals surface area contributed by atoms with Gasteiger partial charge in [0, 0.05) is 0 Å². The van der Waals surface area contributed by atoms with E-state index in [-0.39, 0.29) is 5.69 Å². The number of halogens is 3. The first kappa shape index (κ1) is 8.53. The van der Waals surface area contributed by atoms with Gasteiger partial charge in [-0.15, -0.1) is 0 Å². The van der Waals surface area contributed by atoms with Crippen LogP contribution in [0.4, 0.5) is 13.2 Å². The van der Waals surface area contributed by atoms with Crippen molar-refractivity contribution in [2.24, 2.45) is 0 Å². The molecule has 0 amide bonds. The second kappa shape index (κ2) is 3.22. The molecule has 1 heterocycles. The number of rotatable bonds is 1. The Balaban J connectivity index is 3.14. The standard InChI is InChI=1S/C7H3F3N2/c8-6(9)5-2-1-4(3-11)12-7(5)10/h1-2,6H. The summed E-state index contributed by atoms with van der Waals surface area (Å²) >= 11 is 0. The maximum absolute atomic E-state index is 12.5. The van der Waals surface area contributed by atoms with Gasteiger partial charge in [0.25, 0.3) is 6.43 Å². The van der Waals surface area contributed by atoms with E-state index in [0.29, 0.717) is 0 Å². The van der Waals surface area contributed by atoms with Crippen molar-refractivity contribution in [2.75, 3.05) is 0 Å². The van der Waals surface area contributed by atoms with Crippen LogP contribution in [-0.4, -0.2) is 4.98 Å². The Kier molecular flexibility index (Phi) is 2.29. The van der Waals surface area contributed by atoms with E-state index in [9.17, 15) is 13.2 Å².